The lowest BCUT2D eigenvalue weighted by atomic mass is 9.86. The monoisotopic (exact) mass is 205 g/mol. The van der Waals surface area contributed by atoms with Crippen molar-refractivity contribution < 1.29 is 8.78 Å². The molecule has 1 rings (SSSR count). The van der Waals surface area contributed by atoms with E-state index in [2.05, 4.69) is 26.1 Å². The Hall–Kier alpha value is -0.180. The van der Waals surface area contributed by atoms with Gasteiger partial charge < -0.3 is 5.32 Å². The Balaban J connectivity index is 2.32. The van der Waals surface area contributed by atoms with Crippen LogP contribution in [-0.2, 0) is 0 Å². The van der Waals surface area contributed by atoms with Crippen LogP contribution < -0.4 is 5.32 Å². The zero-order valence-corrected chi connectivity index (χ0v) is 9.37. The third-order valence-corrected chi connectivity index (χ3v) is 2.71. The predicted molar refractivity (Wildman–Crippen MR) is 54.7 cm³/mol. The second-order valence-corrected chi connectivity index (χ2v) is 5.56. The molecule has 0 amide bonds. The number of hydrogen-bond acceptors (Lipinski definition) is 1. The molecule has 3 heteroatoms. The summed E-state index contributed by atoms with van der Waals surface area (Å²) in [6, 6.07) is 0.0120. The number of hydrogen-bond donors (Lipinski definition) is 1. The molecule has 1 saturated heterocycles. The topological polar surface area (TPSA) is 12.0 Å². The fraction of sp³-hybridized carbons (Fsp3) is 1.00. The van der Waals surface area contributed by atoms with E-state index in [4.69, 9.17) is 0 Å². The summed E-state index contributed by atoms with van der Waals surface area (Å²) >= 11 is 0. The Morgan fingerprint density at radius 2 is 2.00 bits per heavy atom. The molecule has 1 atom stereocenters. The summed E-state index contributed by atoms with van der Waals surface area (Å²) in [5, 5.41) is 3.17. The Morgan fingerprint density at radius 1 is 1.36 bits per heavy atom. The molecule has 0 saturated carbocycles. The number of halogens is 2. The average molecular weight is 205 g/mol. The van der Waals surface area contributed by atoms with Crippen LogP contribution >= 0.6 is 0 Å². The van der Waals surface area contributed by atoms with Crippen LogP contribution in [0.5, 0.6) is 0 Å². The third-order valence-electron chi connectivity index (χ3n) is 2.71. The van der Waals surface area contributed by atoms with Crippen LogP contribution in [0.25, 0.3) is 0 Å². The molecule has 1 fully saturated rings. The van der Waals surface area contributed by atoms with Gasteiger partial charge in [-0.05, 0) is 18.3 Å². The van der Waals surface area contributed by atoms with Crippen LogP contribution in [0.2, 0.25) is 0 Å². The molecule has 84 valence electrons. The number of rotatable bonds is 2. The lowest BCUT2D eigenvalue weighted by Crippen LogP contribution is -2.43. The van der Waals surface area contributed by atoms with E-state index in [1.54, 1.807) is 0 Å². The minimum atomic E-state index is -2.44. The fourth-order valence-electron chi connectivity index (χ4n) is 1.81. The number of alkyl halides is 2. The van der Waals surface area contributed by atoms with Gasteiger partial charge in [0.15, 0.2) is 0 Å². The number of nitrogens with one attached hydrogen (secondary N) is 1. The molecule has 1 aliphatic heterocycles. The van der Waals surface area contributed by atoms with Gasteiger partial charge in [-0.3, -0.25) is 0 Å². The van der Waals surface area contributed by atoms with E-state index in [9.17, 15) is 8.78 Å². The van der Waals surface area contributed by atoms with Crippen LogP contribution in [0.15, 0.2) is 0 Å². The highest BCUT2D eigenvalue weighted by molar-refractivity contribution is 4.84. The Bertz CT molecular complexity index is 184. The normalized spacial score (nSPS) is 27.6. The van der Waals surface area contributed by atoms with Gasteiger partial charge in [-0.15, -0.1) is 0 Å². The molecule has 14 heavy (non-hydrogen) atoms. The molecular weight excluding hydrogens is 184 g/mol. The molecule has 0 aromatic carbocycles. The van der Waals surface area contributed by atoms with E-state index < -0.39 is 5.92 Å². The van der Waals surface area contributed by atoms with Crippen LogP contribution in [0.4, 0.5) is 8.78 Å². The predicted octanol–water partition coefficient (Wildman–Crippen LogP) is 3.20. The van der Waals surface area contributed by atoms with Crippen molar-refractivity contribution in [3.63, 3.8) is 0 Å². The van der Waals surface area contributed by atoms with E-state index in [0.29, 0.717) is 6.54 Å². The van der Waals surface area contributed by atoms with Crippen molar-refractivity contribution in [2.45, 2.75) is 58.4 Å². The molecule has 1 heterocycles. The first-order valence-electron chi connectivity index (χ1n) is 5.40. The van der Waals surface area contributed by atoms with Gasteiger partial charge in [0.1, 0.15) is 0 Å². The standard InChI is InChI=1S/C11H21F2N/c1-10(2,3)5-4-9-8-11(12,13)6-7-14-9/h9,14H,4-8H2,1-3H3. The second kappa shape index (κ2) is 4.13. The summed E-state index contributed by atoms with van der Waals surface area (Å²) in [6.07, 6.45) is 1.88. The van der Waals surface area contributed by atoms with Crippen molar-refractivity contribution >= 4 is 0 Å². The van der Waals surface area contributed by atoms with Crippen LogP contribution in [0.3, 0.4) is 0 Å². The van der Waals surface area contributed by atoms with Crippen molar-refractivity contribution in [3.8, 4) is 0 Å². The molecular formula is C11H21F2N. The lowest BCUT2D eigenvalue weighted by Gasteiger charge is -2.31. The van der Waals surface area contributed by atoms with Gasteiger partial charge in [0, 0.05) is 25.4 Å². The quantitative estimate of drug-likeness (QED) is 0.730. The van der Waals surface area contributed by atoms with Crippen molar-refractivity contribution in [1.82, 2.24) is 5.32 Å². The smallest absolute Gasteiger partial charge is 0.250 e. The first-order chi connectivity index (χ1) is 6.29. The first kappa shape index (κ1) is 11.9. The molecule has 0 aromatic heterocycles. The summed E-state index contributed by atoms with van der Waals surface area (Å²) in [4.78, 5) is 0. The molecule has 0 aromatic rings. The van der Waals surface area contributed by atoms with E-state index in [0.717, 1.165) is 12.8 Å². The zero-order valence-electron chi connectivity index (χ0n) is 9.37. The molecule has 0 aliphatic carbocycles. The van der Waals surface area contributed by atoms with Gasteiger partial charge in [0.2, 0.25) is 0 Å². The molecule has 0 bridgehead atoms. The van der Waals surface area contributed by atoms with Gasteiger partial charge in [-0.1, -0.05) is 20.8 Å². The maximum Gasteiger partial charge on any atom is 0.250 e. The highest BCUT2D eigenvalue weighted by Crippen LogP contribution is 2.31. The summed E-state index contributed by atoms with van der Waals surface area (Å²) in [7, 11) is 0. The highest BCUT2D eigenvalue weighted by atomic mass is 19.3. The largest absolute Gasteiger partial charge is 0.314 e. The summed E-state index contributed by atoms with van der Waals surface area (Å²) in [5.74, 6) is -2.44. The van der Waals surface area contributed by atoms with Crippen molar-refractivity contribution in [2.75, 3.05) is 6.54 Å². The van der Waals surface area contributed by atoms with Gasteiger partial charge in [-0.2, -0.15) is 0 Å². The van der Waals surface area contributed by atoms with Gasteiger partial charge >= 0.3 is 0 Å². The van der Waals surface area contributed by atoms with Crippen LogP contribution in [0, 0.1) is 5.41 Å². The van der Waals surface area contributed by atoms with Crippen molar-refractivity contribution in [2.24, 2.45) is 5.41 Å². The van der Waals surface area contributed by atoms with Crippen molar-refractivity contribution in [3.05, 3.63) is 0 Å². The van der Waals surface area contributed by atoms with E-state index >= 15 is 0 Å². The lowest BCUT2D eigenvalue weighted by molar-refractivity contribution is -0.0429. The molecule has 0 spiro atoms. The molecule has 0 radical (unpaired) electrons. The summed E-state index contributed by atoms with van der Waals surface area (Å²) in [5.41, 5.74) is 0.244. The fourth-order valence-corrected chi connectivity index (χ4v) is 1.81. The maximum absolute atomic E-state index is 13.0. The summed E-state index contributed by atoms with van der Waals surface area (Å²) < 4.78 is 26.1. The summed E-state index contributed by atoms with van der Waals surface area (Å²) in [6.45, 7) is 6.90. The molecule has 1 unspecified atom stereocenters. The Labute approximate surface area is 85.3 Å². The SMILES string of the molecule is CC(C)(C)CCC1CC(F)(F)CCN1. The highest BCUT2D eigenvalue weighted by Gasteiger charge is 2.36. The minimum Gasteiger partial charge on any atom is -0.314 e. The minimum absolute atomic E-state index is 0.000974. The van der Waals surface area contributed by atoms with Gasteiger partial charge in [0.05, 0.1) is 0 Å². The van der Waals surface area contributed by atoms with Crippen LogP contribution in [-0.4, -0.2) is 18.5 Å². The van der Waals surface area contributed by atoms with Gasteiger partial charge in [0.25, 0.3) is 5.92 Å². The van der Waals surface area contributed by atoms with Crippen LogP contribution in [0.1, 0.15) is 46.5 Å². The van der Waals surface area contributed by atoms with E-state index in [-0.39, 0.29) is 24.3 Å². The first-order valence-corrected chi connectivity index (χ1v) is 5.40. The third kappa shape index (κ3) is 4.36. The molecule has 1 N–H and O–H groups in total. The maximum atomic E-state index is 13.0. The molecule has 1 aliphatic rings. The van der Waals surface area contributed by atoms with Crippen molar-refractivity contribution in [1.29, 1.82) is 0 Å². The second-order valence-electron chi connectivity index (χ2n) is 5.56. The Morgan fingerprint density at radius 3 is 2.50 bits per heavy atom. The average Bonchev–Trinajstić information content (AvgIpc) is 1.98. The van der Waals surface area contributed by atoms with E-state index in [1.165, 1.54) is 0 Å². The Kier molecular flexibility index (Phi) is 3.51. The number of piperidine rings is 1. The zero-order chi connectivity index (χ0) is 10.8. The van der Waals surface area contributed by atoms with Gasteiger partial charge in [-0.25, -0.2) is 8.78 Å². The van der Waals surface area contributed by atoms with E-state index in [1.807, 2.05) is 0 Å². The molecule has 1 nitrogen and oxygen atoms in total.